The van der Waals surface area contributed by atoms with Crippen LogP contribution in [-0.2, 0) is 6.54 Å². The van der Waals surface area contributed by atoms with Gasteiger partial charge in [-0.1, -0.05) is 41.9 Å². The van der Waals surface area contributed by atoms with Crippen LogP contribution in [0.4, 0.5) is 0 Å². The second-order valence-corrected chi connectivity index (χ2v) is 5.84. The van der Waals surface area contributed by atoms with E-state index in [2.05, 4.69) is 17.4 Å². The van der Waals surface area contributed by atoms with Crippen LogP contribution in [0.5, 0.6) is 5.75 Å². The van der Waals surface area contributed by atoms with Crippen LogP contribution in [0.2, 0.25) is 5.02 Å². The normalized spacial score (nSPS) is 21.4. The van der Waals surface area contributed by atoms with Gasteiger partial charge >= 0.3 is 0 Å². The Hall–Kier alpha value is -1.51. The van der Waals surface area contributed by atoms with Gasteiger partial charge in [0.15, 0.2) is 0 Å². The van der Waals surface area contributed by atoms with Crippen molar-refractivity contribution in [3.05, 3.63) is 64.7 Å². The van der Waals surface area contributed by atoms with E-state index in [1.807, 2.05) is 24.3 Å². The molecule has 0 unspecified atom stereocenters. The first kappa shape index (κ1) is 13.5. The number of halogens is 1. The number of aromatic hydroxyl groups is 1. The van der Waals surface area contributed by atoms with Crippen LogP contribution in [-0.4, -0.2) is 11.1 Å². The van der Waals surface area contributed by atoms with Crippen molar-refractivity contribution >= 4 is 11.6 Å². The maximum absolute atomic E-state index is 9.25. The van der Waals surface area contributed by atoms with Gasteiger partial charge in [0.25, 0.3) is 0 Å². The third-order valence-electron chi connectivity index (χ3n) is 4.01. The van der Waals surface area contributed by atoms with Gasteiger partial charge in [-0.25, -0.2) is 0 Å². The number of hydrogen-bond donors (Lipinski definition) is 2. The second kappa shape index (κ2) is 5.86. The van der Waals surface area contributed by atoms with Crippen LogP contribution in [0.1, 0.15) is 29.9 Å². The van der Waals surface area contributed by atoms with E-state index in [1.54, 1.807) is 12.1 Å². The van der Waals surface area contributed by atoms with Crippen LogP contribution in [0.3, 0.4) is 0 Å². The minimum Gasteiger partial charge on any atom is -0.508 e. The van der Waals surface area contributed by atoms with Crippen LogP contribution < -0.4 is 5.32 Å². The highest BCUT2D eigenvalue weighted by Crippen LogP contribution is 2.39. The lowest BCUT2D eigenvalue weighted by Crippen LogP contribution is -2.39. The fourth-order valence-corrected chi connectivity index (χ4v) is 3.01. The van der Waals surface area contributed by atoms with Gasteiger partial charge in [-0.05, 0) is 48.1 Å². The molecular weight excluding hydrogens is 270 g/mol. The Morgan fingerprint density at radius 2 is 1.75 bits per heavy atom. The molecule has 0 spiro atoms. The van der Waals surface area contributed by atoms with E-state index < -0.39 is 0 Å². The second-order valence-electron chi connectivity index (χ2n) is 5.43. The lowest BCUT2D eigenvalue weighted by atomic mass is 9.76. The van der Waals surface area contributed by atoms with Gasteiger partial charge in [0, 0.05) is 17.6 Å². The molecular formula is C17H18ClNO. The molecule has 1 fully saturated rings. The Balaban J connectivity index is 1.49. The summed E-state index contributed by atoms with van der Waals surface area (Å²) in [7, 11) is 0. The maximum Gasteiger partial charge on any atom is 0.115 e. The third kappa shape index (κ3) is 2.97. The molecule has 3 heteroatoms. The minimum atomic E-state index is 0.316. The first-order valence-corrected chi connectivity index (χ1v) is 7.36. The van der Waals surface area contributed by atoms with E-state index in [4.69, 9.17) is 11.6 Å². The van der Waals surface area contributed by atoms with Crippen molar-refractivity contribution in [3.8, 4) is 5.75 Å². The molecule has 0 radical (unpaired) electrons. The standard InChI is InChI=1S/C17H18ClNO/c18-17-4-2-1-3-16(17)13-9-14(10-13)19-11-12-5-7-15(20)8-6-12/h1-8,13-14,19-20H,9-11H2. The predicted molar refractivity (Wildman–Crippen MR) is 82.2 cm³/mol. The average molecular weight is 288 g/mol. The average Bonchev–Trinajstić information content (AvgIpc) is 2.41. The third-order valence-corrected chi connectivity index (χ3v) is 4.36. The monoisotopic (exact) mass is 287 g/mol. The predicted octanol–water partition coefficient (Wildman–Crippen LogP) is 4.08. The highest BCUT2D eigenvalue weighted by atomic mass is 35.5. The van der Waals surface area contributed by atoms with E-state index in [0.29, 0.717) is 17.7 Å². The zero-order valence-electron chi connectivity index (χ0n) is 11.2. The SMILES string of the molecule is Oc1ccc(CNC2CC(c3ccccc3Cl)C2)cc1. The molecule has 0 aliphatic heterocycles. The summed E-state index contributed by atoms with van der Waals surface area (Å²) in [6.07, 6.45) is 2.28. The lowest BCUT2D eigenvalue weighted by molar-refractivity contribution is 0.289. The number of phenols is 1. The quantitative estimate of drug-likeness (QED) is 0.888. The summed E-state index contributed by atoms with van der Waals surface area (Å²) in [5.74, 6) is 0.900. The summed E-state index contributed by atoms with van der Waals surface area (Å²) in [5, 5.41) is 13.7. The first-order chi connectivity index (χ1) is 9.72. The number of hydrogen-bond acceptors (Lipinski definition) is 2. The van der Waals surface area contributed by atoms with Gasteiger partial charge in [0.1, 0.15) is 5.75 Å². The zero-order chi connectivity index (χ0) is 13.9. The van der Waals surface area contributed by atoms with Gasteiger partial charge in [0.2, 0.25) is 0 Å². The molecule has 0 aromatic heterocycles. The molecule has 2 N–H and O–H groups in total. The number of phenolic OH excluding ortho intramolecular Hbond substituents is 1. The van der Waals surface area contributed by atoms with E-state index >= 15 is 0 Å². The molecule has 1 saturated carbocycles. The summed E-state index contributed by atoms with van der Waals surface area (Å²) >= 11 is 6.22. The molecule has 0 saturated heterocycles. The molecule has 104 valence electrons. The fourth-order valence-electron chi connectivity index (χ4n) is 2.72. The molecule has 1 aliphatic rings. The molecule has 0 atom stereocenters. The Morgan fingerprint density at radius 1 is 1.05 bits per heavy atom. The van der Waals surface area contributed by atoms with Crippen LogP contribution in [0.25, 0.3) is 0 Å². The minimum absolute atomic E-state index is 0.316. The van der Waals surface area contributed by atoms with E-state index in [1.165, 1.54) is 11.1 Å². The maximum atomic E-state index is 9.25. The van der Waals surface area contributed by atoms with Gasteiger partial charge in [-0.15, -0.1) is 0 Å². The van der Waals surface area contributed by atoms with E-state index in [-0.39, 0.29) is 0 Å². The van der Waals surface area contributed by atoms with Crippen molar-refractivity contribution in [2.75, 3.05) is 0 Å². The Morgan fingerprint density at radius 3 is 2.45 bits per heavy atom. The van der Waals surface area contributed by atoms with Crippen molar-refractivity contribution in [1.29, 1.82) is 0 Å². The smallest absolute Gasteiger partial charge is 0.115 e. The molecule has 2 aromatic rings. The van der Waals surface area contributed by atoms with Crippen molar-refractivity contribution in [3.63, 3.8) is 0 Å². The van der Waals surface area contributed by atoms with Gasteiger partial charge < -0.3 is 10.4 Å². The lowest BCUT2D eigenvalue weighted by Gasteiger charge is -2.37. The number of nitrogens with one attached hydrogen (secondary N) is 1. The summed E-state index contributed by atoms with van der Waals surface area (Å²) in [5.41, 5.74) is 2.47. The molecule has 1 aliphatic carbocycles. The summed E-state index contributed by atoms with van der Waals surface area (Å²) in [6, 6.07) is 16.0. The summed E-state index contributed by atoms with van der Waals surface area (Å²) in [4.78, 5) is 0. The van der Waals surface area contributed by atoms with Crippen molar-refractivity contribution in [1.82, 2.24) is 5.32 Å². The van der Waals surface area contributed by atoms with Crippen molar-refractivity contribution in [2.45, 2.75) is 31.3 Å². The number of benzene rings is 2. The van der Waals surface area contributed by atoms with Crippen LogP contribution in [0, 0.1) is 0 Å². The van der Waals surface area contributed by atoms with Crippen molar-refractivity contribution in [2.24, 2.45) is 0 Å². The first-order valence-electron chi connectivity index (χ1n) is 6.98. The number of rotatable bonds is 4. The molecule has 0 amide bonds. The highest BCUT2D eigenvalue weighted by Gasteiger charge is 2.30. The molecule has 2 aromatic carbocycles. The molecule has 3 rings (SSSR count). The summed E-state index contributed by atoms with van der Waals surface area (Å²) < 4.78 is 0. The molecule has 20 heavy (non-hydrogen) atoms. The topological polar surface area (TPSA) is 32.3 Å². The highest BCUT2D eigenvalue weighted by molar-refractivity contribution is 6.31. The molecule has 0 heterocycles. The zero-order valence-corrected chi connectivity index (χ0v) is 12.0. The summed E-state index contributed by atoms with van der Waals surface area (Å²) in [6.45, 7) is 0.847. The Kier molecular flexibility index (Phi) is 3.95. The Bertz CT molecular complexity index is 576. The Labute approximate surface area is 124 Å². The van der Waals surface area contributed by atoms with E-state index in [0.717, 1.165) is 24.4 Å². The van der Waals surface area contributed by atoms with Gasteiger partial charge in [0.05, 0.1) is 0 Å². The van der Waals surface area contributed by atoms with Gasteiger partial charge in [-0.3, -0.25) is 0 Å². The van der Waals surface area contributed by atoms with Crippen LogP contribution in [0.15, 0.2) is 48.5 Å². The molecule has 0 bridgehead atoms. The van der Waals surface area contributed by atoms with E-state index in [9.17, 15) is 5.11 Å². The van der Waals surface area contributed by atoms with Gasteiger partial charge in [-0.2, -0.15) is 0 Å². The van der Waals surface area contributed by atoms with Crippen LogP contribution >= 0.6 is 11.6 Å². The van der Waals surface area contributed by atoms with Crippen molar-refractivity contribution < 1.29 is 5.11 Å². The fraction of sp³-hybridized carbons (Fsp3) is 0.294. The largest absolute Gasteiger partial charge is 0.508 e. The molecule has 2 nitrogen and oxygen atoms in total.